The number of carbonyl (C=O) groups is 1. The van der Waals surface area contributed by atoms with Crippen molar-refractivity contribution in [1.82, 2.24) is 4.98 Å². The second-order valence-corrected chi connectivity index (χ2v) is 6.29. The quantitative estimate of drug-likeness (QED) is 0.759. The number of aromatic nitrogens is 1. The van der Waals surface area contributed by atoms with E-state index in [1.165, 1.54) is 11.3 Å². The number of nitrogens with one attached hydrogen (secondary N) is 1. The molecular formula is C14H9BrN2OS. The summed E-state index contributed by atoms with van der Waals surface area (Å²) < 4.78 is 0.942. The van der Waals surface area contributed by atoms with Crippen LogP contribution in [0, 0.1) is 0 Å². The number of amides is 1. The Kier molecular flexibility index (Phi) is 3.31. The van der Waals surface area contributed by atoms with E-state index in [9.17, 15) is 4.79 Å². The maximum Gasteiger partial charge on any atom is 0.256 e. The van der Waals surface area contributed by atoms with Crippen molar-refractivity contribution in [2.75, 3.05) is 5.32 Å². The van der Waals surface area contributed by atoms with Gasteiger partial charge in [0.2, 0.25) is 0 Å². The maximum absolute atomic E-state index is 12.1. The van der Waals surface area contributed by atoms with Gasteiger partial charge in [0.25, 0.3) is 5.91 Å². The minimum atomic E-state index is -0.113. The van der Waals surface area contributed by atoms with Crippen molar-refractivity contribution in [2.45, 2.75) is 0 Å². The van der Waals surface area contributed by atoms with E-state index in [0.29, 0.717) is 5.56 Å². The van der Waals surface area contributed by atoms with Gasteiger partial charge in [-0.2, -0.15) is 0 Å². The Morgan fingerprint density at radius 2 is 2.21 bits per heavy atom. The summed E-state index contributed by atoms with van der Waals surface area (Å²) in [5.41, 5.74) is 1.43. The van der Waals surface area contributed by atoms with Gasteiger partial charge in [0.05, 0.1) is 15.0 Å². The fourth-order valence-electron chi connectivity index (χ4n) is 1.85. The van der Waals surface area contributed by atoms with Crippen molar-refractivity contribution in [3.8, 4) is 0 Å². The molecule has 1 N–H and O–H groups in total. The summed E-state index contributed by atoms with van der Waals surface area (Å²) >= 11 is 4.84. The number of rotatable bonds is 2. The number of thiophene rings is 1. The Hall–Kier alpha value is -1.72. The van der Waals surface area contributed by atoms with Gasteiger partial charge in [-0.25, -0.2) is 0 Å². The second-order valence-electron chi connectivity index (χ2n) is 4.00. The number of halogens is 1. The van der Waals surface area contributed by atoms with Crippen LogP contribution in [0.3, 0.4) is 0 Å². The molecule has 3 rings (SSSR count). The molecule has 5 heteroatoms. The lowest BCUT2D eigenvalue weighted by molar-refractivity contribution is 0.102. The first-order valence-corrected chi connectivity index (χ1v) is 7.29. The number of carbonyl (C=O) groups excluding carboxylic acids is 1. The third kappa shape index (κ3) is 2.52. The first kappa shape index (κ1) is 12.3. The summed E-state index contributed by atoms with van der Waals surface area (Å²) in [6.45, 7) is 0. The summed E-state index contributed by atoms with van der Waals surface area (Å²) in [5, 5.41) is 6.74. The van der Waals surface area contributed by atoms with Crippen molar-refractivity contribution in [3.05, 3.63) is 57.5 Å². The highest BCUT2D eigenvalue weighted by Gasteiger charge is 2.09. The molecule has 0 spiro atoms. The molecule has 2 heterocycles. The normalized spacial score (nSPS) is 10.6. The molecule has 0 saturated heterocycles. The highest BCUT2D eigenvalue weighted by Crippen LogP contribution is 2.25. The summed E-state index contributed by atoms with van der Waals surface area (Å²) in [5.74, 6) is -0.113. The molecule has 1 aromatic carbocycles. The second kappa shape index (κ2) is 5.11. The molecule has 3 nitrogen and oxygen atoms in total. The van der Waals surface area contributed by atoms with Crippen LogP contribution >= 0.6 is 27.3 Å². The Morgan fingerprint density at radius 3 is 3.00 bits per heavy atom. The van der Waals surface area contributed by atoms with Crippen LogP contribution in [0.4, 0.5) is 5.69 Å². The van der Waals surface area contributed by atoms with Crippen LogP contribution in [-0.4, -0.2) is 10.9 Å². The maximum atomic E-state index is 12.1. The van der Waals surface area contributed by atoms with Crippen molar-refractivity contribution < 1.29 is 4.79 Å². The molecule has 94 valence electrons. The minimum Gasteiger partial charge on any atom is -0.321 e. The van der Waals surface area contributed by atoms with Gasteiger partial charge in [0, 0.05) is 23.2 Å². The molecule has 0 aliphatic heterocycles. The van der Waals surface area contributed by atoms with Gasteiger partial charge in [0.1, 0.15) is 0 Å². The van der Waals surface area contributed by atoms with Crippen LogP contribution in [0.2, 0.25) is 0 Å². The molecule has 0 saturated carbocycles. The first-order chi connectivity index (χ1) is 9.24. The third-order valence-corrected chi connectivity index (χ3v) is 4.27. The molecule has 0 atom stereocenters. The zero-order valence-corrected chi connectivity index (χ0v) is 12.2. The highest BCUT2D eigenvalue weighted by molar-refractivity contribution is 9.11. The van der Waals surface area contributed by atoms with Gasteiger partial charge < -0.3 is 5.32 Å². The molecule has 2 aromatic heterocycles. The van der Waals surface area contributed by atoms with Crippen LogP contribution in [0.1, 0.15) is 10.4 Å². The molecule has 0 aliphatic carbocycles. The summed E-state index contributed by atoms with van der Waals surface area (Å²) in [6, 6.07) is 9.52. The van der Waals surface area contributed by atoms with E-state index in [1.54, 1.807) is 12.4 Å². The predicted molar refractivity (Wildman–Crippen MR) is 81.7 cm³/mol. The van der Waals surface area contributed by atoms with Crippen LogP contribution in [0.5, 0.6) is 0 Å². The SMILES string of the molecule is O=C(Nc1cccc2ccncc12)c1csc(Br)c1. The third-order valence-electron chi connectivity index (χ3n) is 2.76. The van der Waals surface area contributed by atoms with Crippen LogP contribution in [0.15, 0.2) is 51.9 Å². The van der Waals surface area contributed by atoms with Gasteiger partial charge in [0.15, 0.2) is 0 Å². The standard InChI is InChI=1S/C14H9BrN2OS/c15-13-6-10(8-19-13)14(18)17-12-3-1-2-9-4-5-16-7-11(9)12/h1-8H,(H,17,18). The average molecular weight is 333 g/mol. The van der Waals surface area contributed by atoms with Crippen molar-refractivity contribution in [1.29, 1.82) is 0 Å². The van der Waals surface area contributed by atoms with Crippen molar-refractivity contribution >= 4 is 49.6 Å². The van der Waals surface area contributed by atoms with Crippen molar-refractivity contribution in [3.63, 3.8) is 0 Å². The number of pyridine rings is 1. The smallest absolute Gasteiger partial charge is 0.256 e. The Balaban J connectivity index is 1.95. The lowest BCUT2D eigenvalue weighted by Crippen LogP contribution is -2.11. The minimum absolute atomic E-state index is 0.113. The zero-order chi connectivity index (χ0) is 13.2. The van der Waals surface area contributed by atoms with E-state index in [-0.39, 0.29) is 5.91 Å². The topological polar surface area (TPSA) is 42.0 Å². The number of anilines is 1. The first-order valence-electron chi connectivity index (χ1n) is 5.62. The van der Waals surface area contributed by atoms with Crippen LogP contribution in [-0.2, 0) is 0 Å². The largest absolute Gasteiger partial charge is 0.321 e. The van der Waals surface area contributed by atoms with Gasteiger partial charge in [-0.15, -0.1) is 11.3 Å². The molecule has 19 heavy (non-hydrogen) atoms. The van der Waals surface area contributed by atoms with Gasteiger partial charge in [-0.1, -0.05) is 12.1 Å². The Morgan fingerprint density at radius 1 is 1.32 bits per heavy atom. The van der Waals surface area contributed by atoms with E-state index in [4.69, 9.17) is 0 Å². The van der Waals surface area contributed by atoms with Gasteiger partial charge >= 0.3 is 0 Å². The molecule has 0 fully saturated rings. The summed E-state index contributed by atoms with van der Waals surface area (Å²) in [7, 11) is 0. The fraction of sp³-hybridized carbons (Fsp3) is 0. The lowest BCUT2D eigenvalue weighted by Gasteiger charge is -2.07. The van der Waals surface area contributed by atoms with Gasteiger partial charge in [-0.3, -0.25) is 9.78 Å². The number of hydrogen-bond donors (Lipinski definition) is 1. The van der Waals surface area contributed by atoms with E-state index in [0.717, 1.165) is 20.2 Å². The summed E-state index contributed by atoms with van der Waals surface area (Å²) in [4.78, 5) is 16.2. The van der Waals surface area contributed by atoms with E-state index in [2.05, 4.69) is 26.2 Å². The Labute approximate surface area is 122 Å². The average Bonchev–Trinajstić information content (AvgIpc) is 2.86. The van der Waals surface area contributed by atoms with Crippen LogP contribution in [0.25, 0.3) is 10.8 Å². The molecular weight excluding hydrogens is 324 g/mol. The lowest BCUT2D eigenvalue weighted by atomic mass is 10.1. The molecule has 0 unspecified atom stereocenters. The molecule has 1 amide bonds. The van der Waals surface area contributed by atoms with Gasteiger partial charge in [-0.05, 0) is 39.5 Å². The molecule has 0 bridgehead atoms. The van der Waals surface area contributed by atoms with Crippen molar-refractivity contribution in [2.24, 2.45) is 0 Å². The number of hydrogen-bond acceptors (Lipinski definition) is 3. The van der Waals surface area contributed by atoms with Crippen LogP contribution < -0.4 is 5.32 Å². The van der Waals surface area contributed by atoms with E-state index >= 15 is 0 Å². The molecule has 0 aliphatic rings. The highest BCUT2D eigenvalue weighted by atomic mass is 79.9. The van der Waals surface area contributed by atoms with E-state index in [1.807, 2.05) is 35.7 Å². The predicted octanol–water partition coefficient (Wildman–Crippen LogP) is 4.31. The Bertz CT molecular complexity index is 749. The monoisotopic (exact) mass is 332 g/mol. The molecule has 3 aromatic rings. The number of nitrogens with zero attached hydrogens (tertiary/aromatic N) is 1. The number of fused-ring (bicyclic) bond motifs is 1. The summed E-state index contributed by atoms with van der Waals surface area (Å²) in [6.07, 6.45) is 3.50. The fourth-order valence-corrected chi connectivity index (χ4v) is 2.98. The zero-order valence-electron chi connectivity index (χ0n) is 9.76. The van der Waals surface area contributed by atoms with E-state index < -0.39 is 0 Å². The molecule has 0 radical (unpaired) electrons. The number of benzene rings is 1.